The lowest BCUT2D eigenvalue weighted by atomic mass is 9.86. The van der Waals surface area contributed by atoms with Crippen LogP contribution in [-0.4, -0.2) is 16.0 Å². The molecule has 0 unspecified atom stereocenters. The van der Waals surface area contributed by atoms with Gasteiger partial charge in [0.25, 0.3) is 0 Å². The average Bonchev–Trinajstić information content (AvgIpc) is 2.43. The van der Waals surface area contributed by atoms with Crippen LogP contribution in [0.4, 0.5) is 0 Å². The monoisotopic (exact) mass is 266 g/mol. The smallest absolute Gasteiger partial charge is 0.175 e. The number of hydrogen-bond donors (Lipinski definition) is 2. The third-order valence-corrected chi connectivity index (χ3v) is 3.02. The van der Waals surface area contributed by atoms with Gasteiger partial charge in [0.1, 0.15) is 11.5 Å². The van der Waals surface area contributed by atoms with E-state index in [4.69, 9.17) is 0 Å². The minimum Gasteiger partial charge on any atom is -0.508 e. The summed E-state index contributed by atoms with van der Waals surface area (Å²) in [5.41, 5.74) is 3.31. The number of phenols is 2. The highest BCUT2D eigenvalue weighted by atomic mass is 16.3. The van der Waals surface area contributed by atoms with Crippen LogP contribution >= 0.6 is 0 Å². The summed E-state index contributed by atoms with van der Waals surface area (Å²) in [7, 11) is 0. The van der Waals surface area contributed by atoms with Gasteiger partial charge in [0.15, 0.2) is 5.78 Å². The fourth-order valence-corrected chi connectivity index (χ4v) is 2.12. The molecule has 0 aromatic heterocycles. The van der Waals surface area contributed by atoms with Crippen LogP contribution < -0.4 is 0 Å². The van der Waals surface area contributed by atoms with E-state index < -0.39 is 5.92 Å². The highest BCUT2D eigenvalue weighted by Gasteiger charge is 2.25. The number of phenolic OH excluding ortho intramolecular Hbond substituents is 2. The molecule has 0 heterocycles. The van der Waals surface area contributed by atoms with E-state index in [0.717, 1.165) is 0 Å². The molecule has 0 fully saturated rings. The summed E-state index contributed by atoms with van der Waals surface area (Å²) in [6, 6.07) is 13.1. The number of carbonyl (C=O) groups is 1. The first kappa shape index (κ1) is 13.7. The third kappa shape index (κ3) is 2.63. The summed E-state index contributed by atoms with van der Waals surface area (Å²) < 4.78 is 0. The summed E-state index contributed by atoms with van der Waals surface area (Å²) in [5, 5.41) is 19.9. The molecule has 0 aliphatic rings. The first-order chi connectivity index (χ1) is 9.65. The van der Waals surface area contributed by atoms with Crippen molar-refractivity contribution < 1.29 is 15.0 Å². The van der Waals surface area contributed by atoms with E-state index in [-0.39, 0.29) is 17.3 Å². The minimum absolute atomic E-state index is 0.00608. The van der Waals surface area contributed by atoms with Crippen molar-refractivity contribution >= 4 is 5.78 Å². The van der Waals surface area contributed by atoms with E-state index in [9.17, 15) is 15.0 Å². The summed E-state index contributed by atoms with van der Waals surface area (Å²) >= 11 is 0. The Labute approximate surface area is 117 Å². The molecule has 2 N–H and O–H groups in total. The molecule has 0 spiro atoms. The van der Waals surface area contributed by atoms with E-state index in [1.165, 1.54) is 18.2 Å². The van der Waals surface area contributed by atoms with Crippen molar-refractivity contribution in [2.75, 3.05) is 0 Å². The van der Waals surface area contributed by atoms with Crippen LogP contribution in [0.1, 0.15) is 17.0 Å². The Morgan fingerprint density at radius 1 is 1.00 bits per heavy atom. The maximum absolute atomic E-state index is 12.3. The van der Waals surface area contributed by atoms with Crippen LogP contribution in [0.2, 0.25) is 0 Å². The molecule has 0 atom stereocenters. The molecule has 0 saturated carbocycles. The molecule has 0 amide bonds. The average molecular weight is 266 g/mol. The lowest BCUT2D eigenvalue weighted by Gasteiger charge is -2.17. The number of ketones is 1. The number of carbonyl (C=O) groups excluding carboxylic acids is 1. The first-order valence-corrected chi connectivity index (χ1v) is 6.10. The van der Waals surface area contributed by atoms with Gasteiger partial charge in [-0.1, -0.05) is 43.0 Å². The lowest BCUT2D eigenvalue weighted by molar-refractivity contribution is -0.115. The van der Waals surface area contributed by atoms with Crippen molar-refractivity contribution in [1.29, 1.82) is 0 Å². The van der Waals surface area contributed by atoms with E-state index >= 15 is 0 Å². The molecule has 100 valence electrons. The fourth-order valence-electron chi connectivity index (χ4n) is 2.12. The Balaban J connectivity index is 2.63. The summed E-state index contributed by atoms with van der Waals surface area (Å²) in [6.45, 7) is 3.39. The van der Waals surface area contributed by atoms with E-state index in [1.807, 2.05) is 0 Å². The van der Waals surface area contributed by atoms with E-state index in [1.54, 1.807) is 36.4 Å². The Kier molecular flexibility index (Phi) is 4.04. The predicted octanol–water partition coefficient (Wildman–Crippen LogP) is 3.14. The SMILES string of the molecule is C=C=CC(=O)C(c1ccccc1O)c1ccccc1O. The second-order valence-electron chi connectivity index (χ2n) is 4.30. The highest BCUT2D eigenvalue weighted by Crippen LogP contribution is 2.36. The van der Waals surface area contributed by atoms with Crippen molar-refractivity contribution in [2.24, 2.45) is 0 Å². The summed E-state index contributed by atoms with van der Waals surface area (Å²) in [5.74, 6) is -1.08. The number of para-hydroxylation sites is 2. The van der Waals surface area contributed by atoms with Gasteiger partial charge in [-0.2, -0.15) is 0 Å². The van der Waals surface area contributed by atoms with Gasteiger partial charge >= 0.3 is 0 Å². The zero-order chi connectivity index (χ0) is 14.5. The van der Waals surface area contributed by atoms with E-state index in [2.05, 4.69) is 12.3 Å². The molecular formula is C17H14O3. The molecule has 0 bridgehead atoms. The molecule has 0 radical (unpaired) electrons. The molecule has 20 heavy (non-hydrogen) atoms. The Hall–Kier alpha value is -2.77. The Bertz CT molecular complexity index is 637. The third-order valence-electron chi connectivity index (χ3n) is 3.02. The van der Waals surface area contributed by atoms with Crippen LogP contribution in [0.25, 0.3) is 0 Å². The normalized spacial score (nSPS) is 10.1. The summed E-state index contributed by atoms with van der Waals surface area (Å²) in [6.07, 6.45) is 1.21. The number of allylic oxidation sites excluding steroid dienone is 1. The largest absolute Gasteiger partial charge is 0.508 e. The number of aromatic hydroxyl groups is 2. The second-order valence-corrected chi connectivity index (χ2v) is 4.30. The molecular weight excluding hydrogens is 252 g/mol. The van der Waals surface area contributed by atoms with Crippen molar-refractivity contribution in [1.82, 2.24) is 0 Å². The van der Waals surface area contributed by atoms with Crippen LogP contribution in [-0.2, 0) is 4.79 Å². The zero-order valence-corrected chi connectivity index (χ0v) is 10.8. The van der Waals surface area contributed by atoms with Crippen LogP contribution in [0.15, 0.2) is 66.9 Å². The maximum atomic E-state index is 12.3. The van der Waals surface area contributed by atoms with Gasteiger partial charge in [-0.3, -0.25) is 4.79 Å². The van der Waals surface area contributed by atoms with Gasteiger partial charge in [-0.05, 0) is 12.1 Å². The van der Waals surface area contributed by atoms with Crippen molar-refractivity contribution in [3.05, 3.63) is 78.0 Å². The van der Waals surface area contributed by atoms with Crippen LogP contribution in [0, 0.1) is 0 Å². The first-order valence-electron chi connectivity index (χ1n) is 6.10. The van der Waals surface area contributed by atoms with Crippen molar-refractivity contribution in [3.63, 3.8) is 0 Å². The highest BCUT2D eigenvalue weighted by molar-refractivity contribution is 5.98. The van der Waals surface area contributed by atoms with Gasteiger partial charge in [-0.25, -0.2) is 0 Å². The maximum Gasteiger partial charge on any atom is 0.175 e. The second kappa shape index (κ2) is 5.91. The Morgan fingerprint density at radius 3 is 1.85 bits per heavy atom. The number of hydrogen-bond acceptors (Lipinski definition) is 3. The number of benzene rings is 2. The quantitative estimate of drug-likeness (QED) is 0.660. The van der Waals surface area contributed by atoms with Gasteiger partial charge in [0, 0.05) is 17.2 Å². The minimum atomic E-state index is -0.786. The summed E-state index contributed by atoms with van der Waals surface area (Å²) in [4.78, 5) is 12.3. The number of rotatable bonds is 4. The zero-order valence-electron chi connectivity index (χ0n) is 10.8. The molecule has 0 aliphatic heterocycles. The van der Waals surface area contributed by atoms with Crippen LogP contribution in [0.3, 0.4) is 0 Å². The predicted molar refractivity (Wildman–Crippen MR) is 76.8 cm³/mol. The molecule has 3 heteroatoms. The van der Waals surface area contributed by atoms with Gasteiger partial charge in [-0.15, -0.1) is 5.73 Å². The van der Waals surface area contributed by atoms with E-state index in [0.29, 0.717) is 11.1 Å². The Morgan fingerprint density at radius 2 is 1.45 bits per heavy atom. The fraction of sp³-hybridized carbons (Fsp3) is 0.0588. The van der Waals surface area contributed by atoms with Gasteiger partial charge in [0.2, 0.25) is 0 Å². The lowest BCUT2D eigenvalue weighted by Crippen LogP contribution is -2.12. The van der Waals surface area contributed by atoms with Gasteiger partial charge < -0.3 is 10.2 Å². The van der Waals surface area contributed by atoms with Crippen LogP contribution in [0.5, 0.6) is 11.5 Å². The topological polar surface area (TPSA) is 57.5 Å². The molecule has 2 rings (SSSR count). The molecule has 2 aromatic carbocycles. The van der Waals surface area contributed by atoms with Crippen molar-refractivity contribution in [2.45, 2.75) is 5.92 Å². The van der Waals surface area contributed by atoms with Gasteiger partial charge in [0.05, 0.1) is 5.92 Å². The molecule has 0 saturated heterocycles. The molecule has 0 aliphatic carbocycles. The molecule has 3 nitrogen and oxygen atoms in total. The standard InChI is InChI=1S/C17H14O3/c1-2-7-16(20)17(12-8-3-5-10-14(12)18)13-9-4-6-11-15(13)19/h3-11,17-19H,1H2. The van der Waals surface area contributed by atoms with Crippen molar-refractivity contribution in [3.8, 4) is 11.5 Å². The molecule has 2 aromatic rings.